The molecule has 8 nitrogen and oxygen atoms in total. The number of pyridine rings is 1. The lowest BCUT2D eigenvalue weighted by Gasteiger charge is -2.33. The first-order chi connectivity index (χ1) is 12.9. The van der Waals surface area contributed by atoms with E-state index in [-0.39, 0.29) is 24.1 Å². The van der Waals surface area contributed by atoms with Crippen molar-refractivity contribution in [3.05, 3.63) is 73.7 Å². The average Bonchev–Trinajstić information content (AvgIpc) is 2.68. The Balaban J connectivity index is 1.88. The molecular weight excluding hydrogens is 348 g/mol. The Morgan fingerprint density at radius 2 is 2.19 bits per heavy atom. The third-order valence-electron chi connectivity index (χ3n) is 4.91. The zero-order valence-electron chi connectivity index (χ0n) is 14.8. The van der Waals surface area contributed by atoms with Crippen molar-refractivity contribution in [3.63, 3.8) is 0 Å². The van der Waals surface area contributed by atoms with Crippen LogP contribution in [-0.4, -0.2) is 27.3 Å². The molecule has 1 amide bonds. The summed E-state index contributed by atoms with van der Waals surface area (Å²) in [4.78, 5) is 36.9. The molecule has 3 rings (SSSR count). The highest BCUT2D eigenvalue weighted by Crippen LogP contribution is 2.33. The average molecular weight is 366 g/mol. The van der Waals surface area contributed by atoms with E-state index in [1.54, 1.807) is 18.0 Å². The molecule has 0 saturated carbocycles. The maximum atomic E-state index is 12.8. The smallest absolute Gasteiger partial charge is 0.287 e. The number of benzene rings is 1. The number of likely N-dealkylation sites (N-methyl/N-ethyl adjacent to an activating group) is 1. The van der Waals surface area contributed by atoms with Crippen LogP contribution in [0.3, 0.4) is 0 Å². The monoisotopic (exact) mass is 366 g/mol. The number of hydrogen-bond acceptors (Lipinski definition) is 5. The number of hydrogen-bond donors (Lipinski definition) is 0. The van der Waals surface area contributed by atoms with Crippen LogP contribution in [0.25, 0.3) is 0 Å². The molecule has 1 aromatic carbocycles. The normalized spacial score (nSPS) is 15.5. The van der Waals surface area contributed by atoms with E-state index in [9.17, 15) is 19.7 Å². The predicted octanol–water partition coefficient (Wildman–Crippen LogP) is 2.16. The van der Waals surface area contributed by atoms with Gasteiger partial charge in [0.25, 0.3) is 11.2 Å². The van der Waals surface area contributed by atoms with Crippen LogP contribution in [-0.2, 0) is 17.8 Å². The minimum Gasteiger partial charge on any atom is -0.337 e. The zero-order chi connectivity index (χ0) is 19.6. The third kappa shape index (κ3) is 3.58. The highest BCUT2D eigenvalue weighted by atomic mass is 16.6. The van der Waals surface area contributed by atoms with Crippen molar-refractivity contribution < 1.29 is 9.72 Å². The molecule has 0 N–H and O–H groups in total. The van der Waals surface area contributed by atoms with E-state index in [0.717, 1.165) is 41.7 Å². The topological polar surface area (TPSA) is 109 Å². The first-order valence-corrected chi connectivity index (χ1v) is 8.55. The van der Waals surface area contributed by atoms with Gasteiger partial charge in [0, 0.05) is 13.1 Å². The molecule has 2 aromatic rings. The van der Waals surface area contributed by atoms with Crippen molar-refractivity contribution in [2.45, 2.75) is 31.8 Å². The maximum absolute atomic E-state index is 12.8. The Morgan fingerprint density at radius 1 is 1.44 bits per heavy atom. The van der Waals surface area contributed by atoms with Gasteiger partial charge in [-0.3, -0.25) is 24.3 Å². The molecule has 1 heterocycles. The highest BCUT2D eigenvalue weighted by molar-refractivity contribution is 5.76. The first-order valence-electron chi connectivity index (χ1n) is 8.55. The van der Waals surface area contributed by atoms with Crippen molar-refractivity contribution in [3.8, 4) is 6.07 Å². The van der Waals surface area contributed by atoms with Crippen LogP contribution in [0.1, 0.15) is 35.6 Å². The molecule has 8 heteroatoms. The molecule has 0 unspecified atom stereocenters. The van der Waals surface area contributed by atoms with Gasteiger partial charge in [-0.1, -0.05) is 24.3 Å². The van der Waals surface area contributed by atoms with Gasteiger partial charge in [0.15, 0.2) is 0 Å². The van der Waals surface area contributed by atoms with Crippen LogP contribution in [0.4, 0.5) is 5.69 Å². The molecule has 138 valence electrons. The van der Waals surface area contributed by atoms with Crippen molar-refractivity contribution in [2.75, 3.05) is 7.05 Å². The molecular formula is C19H18N4O4. The van der Waals surface area contributed by atoms with E-state index < -0.39 is 16.2 Å². The lowest BCUT2D eigenvalue weighted by atomic mass is 9.87. The number of rotatable bonds is 4. The number of nitrogens with zero attached hydrogens (tertiary/aromatic N) is 4. The number of aromatic nitrogens is 1. The Kier molecular flexibility index (Phi) is 5.03. The lowest BCUT2D eigenvalue weighted by Crippen LogP contribution is -2.38. The molecule has 0 saturated heterocycles. The van der Waals surface area contributed by atoms with Gasteiger partial charge in [-0.05, 0) is 30.4 Å². The summed E-state index contributed by atoms with van der Waals surface area (Å²) in [7, 11) is 1.67. The molecule has 0 bridgehead atoms. The third-order valence-corrected chi connectivity index (χ3v) is 4.91. The van der Waals surface area contributed by atoms with Crippen molar-refractivity contribution in [1.82, 2.24) is 9.47 Å². The Hall–Kier alpha value is -3.47. The maximum Gasteiger partial charge on any atom is 0.287 e. The number of amides is 1. The van der Waals surface area contributed by atoms with E-state index in [4.69, 9.17) is 5.26 Å². The van der Waals surface area contributed by atoms with Gasteiger partial charge in [-0.25, -0.2) is 0 Å². The quantitative estimate of drug-likeness (QED) is 0.608. The van der Waals surface area contributed by atoms with Crippen LogP contribution in [0.2, 0.25) is 0 Å². The standard InChI is InChI=1S/C19H18N4O4/c1-21(17-8-4-6-13-5-2-3-7-16(13)17)18(24)12-22-11-15(23(26)27)9-14(10-20)19(22)25/h2-3,5,7,9,11,17H,4,6,8,12H2,1H3/t17-/m1/s1. The molecule has 1 atom stereocenters. The van der Waals surface area contributed by atoms with Crippen LogP contribution in [0.5, 0.6) is 0 Å². The van der Waals surface area contributed by atoms with Crippen LogP contribution in [0, 0.1) is 21.4 Å². The molecule has 0 fully saturated rings. The van der Waals surface area contributed by atoms with Gasteiger partial charge in [0.05, 0.1) is 17.2 Å². The molecule has 0 spiro atoms. The summed E-state index contributed by atoms with van der Waals surface area (Å²) in [6, 6.07) is 10.4. The van der Waals surface area contributed by atoms with Crippen LogP contribution in [0.15, 0.2) is 41.3 Å². The van der Waals surface area contributed by atoms with Crippen molar-refractivity contribution in [1.29, 1.82) is 5.26 Å². The van der Waals surface area contributed by atoms with E-state index in [1.165, 1.54) is 5.56 Å². The molecule has 0 radical (unpaired) electrons. The van der Waals surface area contributed by atoms with Crippen LogP contribution < -0.4 is 5.56 Å². The number of carbonyl (C=O) groups excluding carboxylic acids is 1. The summed E-state index contributed by atoms with van der Waals surface area (Å²) in [6.07, 6.45) is 3.73. The van der Waals surface area contributed by atoms with Gasteiger partial charge in [0.1, 0.15) is 18.2 Å². The number of nitriles is 1. The fourth-order valence-corrected chi connectivity index (χ4v) is 3.48. The minimum absolute atomic E-state index is 0.104. The molecule has 1 aromatic heterocycles. The molecule has 1 aliphatic carbocycles. The van der Waals surface area contributed by atoms with E-state index in [2.05, 4.69) is 0 Å². The first kappa shape index (κ1) is 18.3. The summed E-state index contributed by atoms with van der Waals surface area (Å²) in [5, 5.41) is 20.0. The second-order valence-electron chi connectivity index (χ2n) is 6.53. The highest BCUT2D eigenvalue weighted by Gasteiger charge is 2.27. The van der Waals surface area contributed by atoms with Gasteiger partial charge in [-0.2, -0.15) is 5.26 Å². The molecule has 1 aliphatic rings. The van der Waals surface area contributed by atoms with Gasteiger partial charge < -0.3 is 4.90 Å². The SMILES string of the molecule is CN(C(=O)Cn1cc([N+](=O)[O-])cc(C#N)c1=O)[C@@H]1CCCc2ccccc21. The van der Waals surface area contributed by atoms with Crippen molar-refractivity contribution in [2.24, 2.45) is 0 Å². The summed E-state index contributed by atoms with van der Waals surface area (Å²) in [5.41, 5.74) is 0.817. The molecule has 0 aliphatic heterocycles. The Bertz CT molecular complexity index is 1010. The van der Waals surface area contributed by atoms with E-state index in [0.29, 0.717) is 0 Å². The zero-order valence-corrected chi connectivity index (χ0v) is 14.8. The Labute approximate surface area is 155 Å². The van der Waals surface area contributed by atoms with Gasteiger partial charge in [0.2, 0.25) is 5.91 Å². The fraction of sp³-hybridized carbons (Fsp3) is 0.316. The van der Waals surface area contributed by atoms with Crippen LogP contribution >= 0.6 is 0 Å². The van der Waals surface area contributed by atoms with Gasteiger partial charge in [-0.15, -0.1) is 0 Å². The summed E-state index contributed by atoms with van der Waals surface area (Å²) in [5.74, 6) is -0.344. The largest absolute Gasteiger partial charge is 0.337 e. The predicted molar refractivity (Wildman–Crippen MR) is 97.0 cm³/mol. The minimum atomic E-state index is -0.714. The van der Waals surface area contributed by atoms with E-state index in [1.807, 2.05) is 24.3 Å². The number of nitro groups is 1. The Morgan fingerprint density at radius 3 is 2.89 bits per heavy atom. The lowest BCUT2D eigenvalue weighted by molar-refractivity contribution is -0.385. The summed E-state index contributed by atoms with van der Waals surface area (Å²) >= 11 is 0. The summed E-state index contributed by atoms with van der Waals surface area (Å²) < 4.78 is 0.935. The molecule has 27 heavy (non-hydrogen) atoms. The van der Waals surface area contributed by atoms with Gasteiger partial charge >= 0.3 is 0 Å². The number of aryl methyl sites for hydroxylation is 1. The summed E-state index contributed by atoms with van der Waals surface area (Å²) in [6.45, 7) is -0.357. The second-order valence-corrected chi connectivity index (χ2v) is 6.53. The second kappa shape index (κ2) is 7.41. The number of carbonyl (C=O) groups is 1. The number of fused-ring (bicyclic) bond motifs is 1. The van der Waals surface area contributed by atoms with E-state index >= 15 is 0 Å². The van der Waals surface area contributed by atoms with Crippen molar-refractivity contribution >= 4 is 11.6 Å². The fourth-order valence-electron chi connectivity index (χ4n) is 3.48.